The van der Waals surface area contributed by atoms with Gasteiger partial charge in [0.05, 0.1) is 0 Å². The van der Waals surface area contributed by atoms with Gasteiger partial charge in [-0.05, 0) is 31.5 Å². The smallest absolute Gasteiger partial charge is 0.220 e. The van der Waals surface area contributed by atoms with Gasteiger partial charge in [0.25, 0.3) is 0 Å². The molecule has 7 heteroatoms. The van der Waals surface area contributed by atoms with Crippen LogP contribution in [0.4, 0.5) is 4.39 Å². The Morgan fingerprint density at radius 3 is 2.32 bits per heavy atom. The molecule has 0 atom stereocenters. The summed E-state index contributed by atoms with van der Waals surface area (Å²) >= 11 is 0. The SMILES string of the molecule is CC1(C)N=C(N)N=C(N)N1Cc1ccc(F)cc1.Cl. The first kappa shape index (κ1) is 15.2. The largest absolute Gasteiger partial charge is 0.369 e. The molecule has 19 heavy (non-hydrogen) atoms. The Morgan fingerprint density at radius 1 is 1.21 bits per heavy atom. The molecule has 0 unspecified atom stereocenters. The van der Waals surface area contributed by atoms with E-state index in [1.807, 2.05) is 18.7 Å². The Bertz CT molecular complexity index is 509. The fraction of sp³-hybridized carbons (Fsp3) is 0.333. The lowest BCUT2D eigenvalue weighted by Gasteiger charge is -2.38. The fourth-order valence-electron chi connectivity index (χ4n) is 1.87. The maximum absolute atomic E-state index is 12.8. The normalized spacial score (nSPS) is 17.3. The van der Waals surface area contributed by atoms with Gasteiger partial charge in [-0.25, -0.2) is 9.38 Å². The molecule has 4 N–H and O–H groups in total. The molecule has 1 heterocycles. The van der Waals surface area contributed by atoms with Crippen LogP contribution < -0.4 is 11.5 Å². The van der Waals surface area contributed by atoms with E-state index in [1.54, 1.807) is 12.1 Å². The third kappa shape index (κ3) is 3.35. The second-order valence-electron chi connectivity index (χ2n) is 4.65. The van der Waals surface area contributed by atoms with Crippen molar-refractivity contribution in [1.82, 2.24) is 4.90 Å². The van der Waals surface area contributed by atoms with Crippen molar-refractivity contribution in [2.75, 3.05) is 0 Å². The maximum atomic E-state index is 12.8. The molecule has 0 spiro atoms. The lowest BCUT2D eigenvalue weighted by Crippen LogP contribution is -2.53. The van der Waals surface area contributed by atoms with Crippen LogP contribution in [-0.2, 0) is 6.54 Å². The summed E-state index contributed by atoms with van der Waals surface area (Å²) in [6, 6.07) is 6.25. The molecule has 5 nitrogen and oxygen atoms in total. The van der Waals surface area contributed by atoms with E-state index >= 15 is 0 Å². The van der Waals surface area contributed by atoms with Crippen LogP contribution in [0.1, 0.15) is 19.4 Å². The molecule has 0 radical (unpaired) electrons. The van der Waals surface area contributed by atoms with Crippen molar-refractivity contribution < 1.29 is 4.39 Å². The van der Waals surface area contributed by atoms with Crippen LogP contribution in [0.15, 0.2) is 34.3 Å². The van der Waals surface area contributed by atoms with E-state index in [-0.39, 0.29) is 24.2 Å². The summed E-state index contributed by atoms with van der Waals surface area (Å²) in [5.74, 6) is 0.227. The van der Waals surface area contributed by atoms with Crippen LogP contribution in [0.2, 0.25) is 0 Å². The summed E-state index contributed by atoms with van der Waals surface area (Å²) in [7, 11) is 0. The third-order valence-electron chi connectivity index (χ3n) is 2.81. The standard InChI is InChI=1S/C12H16FN5.ClH/c1-12(2)17-10(14)16-11(15)18(12)7-8-3-5-9(13)6-4-8;/h3-6H,7H2,1-2H3,(H4,14,15,16,17);1H. The van der Waals surface area contributed by atoms with E-state index in [9.17, 15) is 4.39 Å². The van der Waals surface area contributed by atoms with Gasteiger partial charge in [-0.1, -0.05) is 12.1 Å². The average Bonchev–Trinajstić information content (AvgIpc) is 2.25. The summed E-state index contributed by atoms with van der Waals surface area (Å²) in [6.45, 7) is 4.29. The molecule has 2 rings (SSSR count). The number of hydrogen-bond acceptors (Lipinski definition) is 5. The van der Waals surface area contributed by atoms with Crippen LogP contribution >= 0.6 is 12.4 Å². The van der Waals surface area contributed by atoms with E-state index < -0.39 is 5.66 Å². The zero-order chi connectivity index (χ0) is 13.3. The number of hydrogen-bond donors (Lipinski definition) is 2. The van der Waals surface area contributed by atoms with E-state index in [2.05, 4.69) is 9.98 Å². The van der Waals surface area contributed by atoms with Gasteiger partial charge in [0.2, 0.25) is 11.9 Å². The molecule has 1 aliphatic rings. The predicted molar refractivity (Wildman–Crippen MR) is 76.5 cm³/mol. The number of aliphatic imine (C=N–C) groups is 2. The number of nitrogens with two attached hydrogens (primary N) is 2. The molecule has 1 aromatic rings. The molecule has 0 aromatic heterocycles. The zero-order valence-corrected chi connectivity index (χ0v) is 11.6. The third-order valence-corrected chi connectivity index (χ3v) is 2.81. The first-order valence-electron chi connectivity index (χ1n) is 5.60. The van der Waals surface area contributed by atoms with Crippen LogP contribution in [0, 0.1) is 5.82 Å². The van der Waals surface area contributed by atoms with Crippen molar-refractivity contribution in [3.63, 3.8) is 0 Å². The Hall–Kier alpha value is -1.82. The van der Waals surface area contributed by atoms with Gasteiger partial charge in [-0.2, -0.15) is 4.99 Å². The highest BCUT2D eigenvalue weighted by molar-refractivity contribution is 5.95. The van der Waals surface area contributed by atoms with Crippen molar-refractivity contribution in [2.24, 2.45) is 21.5 Å². The van der Waals surface area contributed by atoms with Crippen molar-refractivity contribution in [1.29, 1.82) is 0 Å². The lowest BCUT2D eigenvalue weighted by atomic mass is 10.1. The Labute approximate surface area is 117 Å². The van der Waals surface area contributed by atoms with Gasteiger partial charge in [-0.15, -0.1) is 12.4 Å². The van der Waals surface area contributed by atoms with Crippen LogP contribution in [0.5, 0.6) is 0 Å². The van der Waals surface area contributed by atoms with Gasteiger partial charge in [-0.3, -0.25) is 0 Å². The Morgan fingerprint density at radius 2 is 1.79 bits per heavy atom. The molecular weight excluding hydrogens is 269 g/mol. The van der Waals surface area contributed by atoms with E-state index in [4.69, 9.17) is 11.5 Å². The zero-order valence-electron chi connectivity index (χ0n) is 10.8. The first-order valence-corrected chi connectivity index (χ1v) is 5.60. The molecule has 1 aromatic carbocycles. The number of rotatable bonds is 2. The second-order valence-corrected chi connectivity index (χ2v) is 4.65. The second kappa shape index (κ2) is 5.44. The van der Waals surface area contributed by atoms with Crippen molar-refractivity contribution >= 4 is 24.3 Å². The summed E-state index contributed by atoms with van der Waals surface area (Å²) in [4.78, 5) is 10.0. The minimum absolute atomic E-state index is 0. The van der Waals surface area contributed by atoms with Crippen LogP contribution in [-0.4, -0.2) is 22.5 Å². The molecule has 0 aliphatic carbocycles. The van der Waals surface area contributed by atoms with E-state index in [0.717, 1.165) is 5.56 Å². The number of nitrogens with zero attached hydrogens (tertiary/aromatic N) is 3. The molecule has 0 saturated carbocycles. The van der Waals surface area contributed by atoms with Crippen molar-refractivity contribution in [3.05, 3.63) is 35.6 Å². The van der Waals surface area contributed by atoms with Gasteiger partial charge in [0, 0.05) is 6.54 Å². The maximum Gasteiger partial charge on any atom is 0.220 e. The predicted octanol–water partition coefficient (Wildman–Crippen LogP) is 1.43. The first-order chi connectivity index (χ1) is 8.38. The highest BCUT2D eigenvalue weighted by atomic mass is 35.5. The molecule has 0 bridgehead atoms. The molecule has 0 fully saturated rings. The molecular formula is C12H17ClFN5. The molecule has 1 aliphatic heterocycles. The summed E-state index contributed by atoms with van der Waals surface area (Å²) in [6.07, 6.45) is 0. The van der Waals surface area contributed by atoms with Crippen molar-refractivity contribution in [3.8, 4) is 0 Å². The quantitative estimate of drug-likeness (QED) is 0.862. The number of benzene rings is 1. The van der Waals surface area contributed by atoms with E-state index in [1.165, 1.54) is 12.1 Å². The monoisotopic (exact) mass is 285 g/mol. The van der Waals surface area contributed by atoms with Gasteiger partial charge >= 0.3 is 0 Å². The minimum atomic E-state index is -0.565. The summed E-state index contributed by atoms with van der Waals surface area (Å²) < 4.78 is 12.8. The van der Waals surface area contributed by atoms with Gasteiger partial charge in [0.1, 0.15) is 11.5 Å². The van der Waals surface area contributed by atoms with Crippen LogP contribution in [0.3, 0.4) is 0 Å². The highest BCUT2D eigenvalue weighted by Gasteiger charge is 2.31. The molecule has 104 valence electrons. The highest BCUT2D eigenvalue weighted by Crippen LogP contribution is 2.22. The number of guanidine groups is 2. The van der Waals surface area contributed by atoms with E-state index in [0.29, 0.717) is 12.5 Å². The lowest BCUT2D eigenvalue weighted by molar-refractivity contribution is 0.210. The molecule has 0 amide bonds. The Kier molecular flexibility index (Phi) is 4.36. The van der Waals surface area contributed by atoms with Gasteiger partial charge in [0.15, 0.2) is 0 Å². The average molecular weight is 286 g/mol. The number of halogens is 2. The molecule has 0 saturated heterocycles. The summed E-state index contributed by atoms with van der Waals surface area (Å²) in [5, 5.41) is 0. The minimum Gasteiger partial charge on any atom is -0.369 e. The Balaban J connectivity index is 0.00000180. The van der Waals surface area contributed by atoms with Crippen LogP contribution in [0.25, 0.3) is 0 Å². The van der Waals surface area contributed by atoms with Crippen molar-refractivity contribution in [2.45, 2.75) is 26.1 Å². The topological polar surface area (TPSA) is 80.0 Å². The fourth-order valence-corrected chi connectivity index (χ4v) is 1.87. The van der Waals surface area contributed by atoms with Gasteiger partial charge < -0.3 is 16.4 Å². The summed E-state index contributed by atoms with van der Waals surface area (Å²) in [5.41, 5.74) is 11.8.